The second-order valence-electron chi connectivity index (χ2n) is 5.73. The van der Waals surface area contributed by atoms with Crippen molar-refractivity contribution in [2.24, 2.45) is 0 Å². The first-order chi connectivity index (χ1) is 11.9. The molecule has 1 aromatic heterocycles. The molecule has 1 amide bonds. The second kappa shape index (κ2) is 6.61. The van der Waals surface area contributed by atoms with Gasteiger partial charge in [0.05, 0.1) is 17.5 Å². The van der Waals surface area contributed by atoms with E-state index >= 15 is 0 Å². The summed E-state index contributed by atoms with van der Waals surface area (Å²) in [6.45, 7) is 3.74. The molecule has 1 heterocycles. The number of rotatable bonds is 3. The van der Waals surface area contributed by atoms with Gasteiger partial charge in [0, 0.05) is 11.8 Å². The number of carbonyl (C=O) groups excluding carboxylic acids is 1. The van der Waals surface area contributed by atoms with Crippen LogP contribution < -0.4 is 15.5 Å². The molecule has 0 aliphatic heterocycles. The summed E-state index contributed by atoms with van der Waals surface area (Å²) in [5, 5.41) is 3.51. The summed E-state index contributed by atoms with van der Waals surface area (Å²) in [4.78, 5) is 24.8. The Morgan fingerprint density at radius 1 is 1.16 bits per heavy atom. The molecular formula is C19H16ClNO4. The highest BCUT2D eigenvalue weighted by molar-refractivity contribution is 6.32. The number of aryl methyl sites for hydroxylation is 2. The molecule has 0 radical (unpaired) electrons. The van der Waals surface area contributed by atoms with Gasteiger partial charge in [0.2, 0.25) is 0 Å². The third kappa shape index (κ3) is 3.37. The quantitative estimate of drug-likeness (QED) is 0.757. The minimum Gasteiger partial charge on any atom is -0.495 e. The highest BCUT2D eigenvalue weighted by Gasteiger charge is 2.15. The lowest BCUT2D eigenvalue weighted by Crippen LogP contribution is -2.15. The lowest BCUT2D eigenvalue weighted by atomic mass is 10.1. The Hall–Kier alpha value is -2.79. The fourth-order valence-electron chi connectivity index (χ4n) is 2.71. The highest BCUT2D eigenvalue weighted by atomic mass is 35.5. The van der Waals surface area contributed by atoms with E-state index in [1.807, 2.05) is 19.9 Å². The number of ether oxygens (including phenoxy) is 1. The number of carbonyl (C=O) groups is 1. The summed E-state index contributed by atoms with van der Waals surface area (Å²) >= 11 is 6.05. The van der Waals surface area contributed by atoms with Crippen molar-refractivity contribution >= 4 is 34.2 Å². The van der Waals surface area contributed by atoms with E-state index in [1.54, 1.807) is 24.3 Å². The summed E-state index contributed by atoms with van der Waals surface area (Å²) in [6.07, 6.45) is 0. The van der Waals surface area contributed by atoms with Crippen molar-refractivity contribution in [3.8, 4) is 5.75 Å². The summed E-state index contributed by atoms with van der Waals surface area (Å²) in [7, 11) is 1.51. The van der Waals surface area contributed by atoms with Gasteiger partial charge in [-0.1, -0.05) is 17.7 Å². The molecular weight excluding hydrogens is 342 g/mol. The molecule has 6 heteroatoms. The second-order valence-corrected chi connectivity index (χ2v) is 6.14. The Morgan fingerprint density at radius 3 is 2.60 bits per heavy atom. The Balaban J connectivity index is 1.97. The van der Waals surface area contributed by atoms with Crippen molar-refractivity contribution in [3.63, 3.8) is 0 Å². The van der Waals surface area contributed by atoms with Crippen LogP contribution in [0.2, 0.25) is 5.02 Å². The Labute approximate surface area is 149 Å². The summed E-state index contributed by atoms with van der Waals surface area (Å²) < 4.78 is 10.7. The average molecular weight is 358 g/mol. The summed E-state index contributed by atoms with van der Waals surface area (Å²) in [5.41, 5.74) is 2.38. The maximum atomic E-state index is 12.4. The molecule has 5 nitrogen and oxygen atoms in total. The van der Waals surface area contributed by atoms with Gasteiger partial charge in [0.15, 0.2) is 11.2 Å². The molecule has 0 aliphatic rings. The molecule has 0 aliphatic carbocycles. The first-order valence-corrected chi connectivity index (χ1v) is 7.97. The molecule has 0 saturated heterocycles. The number of hydrogen-bond acceptors (Lipinski definition) is 4. The third-order valence-corrected chi connectivity index (χ3v) is 4.10. The lowest BCUT2D eigenvalue weighted by Gasteiger charge is -2.09. The van der Waals surface area contributed by atoms with Crippen LogP contribution in [-0.2, 0) is 0 Å². The van der Waals surface area contributed by atoms with Crippen LogP contribution in [0.4, 0.5) is 5.69 Å². The Bertz CT molecular complexity index is 1040. The number of amides is 1. The van der Waals surface area contributed by atoms with Gasteiger partial charge in [-0.3, -0.25) is 9.59 Å². The number of anilines is 1. The molecule has 3 rings (SSSR count). The molecule has 0 spiro atoms. The van der Waals surface area contributed by atoms with Crippen LogP contribution in [0.5, 0.6) is 5.75 Å². The molecule has 0 atom stereocenters. The van der Waals surface area contributed by atoms with Crippen LogP contribution in [0.25, 0.3) is 11.0 Å². The van der Waals surface area contributed by atoms with Crippen molar-refractivity contribution in [3.05, 3.63) is 68.5 Å². The molecule has 0 bridgehead atoms. The minimum absolute atomic E-state index is 0.0607. The molecule has 0 saturated carbocycles. The van der Waals surface area contributed by atoms with Crippen molar-refractivity contribution in [1.82, 2.24) is 0 Å². The maximum absolute atomic E-state index is 12.4. The highest BCUT2D eigenvalue weighted by Crippen LogP contribution is 2.27. The number of fused-ring (bicyclic) bond motifs is 1. The molecule has 1 N–H and O–H groups in total. The van der Waals surface area contributed by atoms with E-state index in [-0.39, 0.29) is 11.2 Å². The van der Waals surface area contributed by atoms with Crippen molar-refractivity contribution in [1.29, 1.82) is 0 Å². The van der Waals surface area contributed by atoms with Crippen LogP contribution in [-0.4, -0.2) is 13.0 Å². The van der Waals surface area contributed by atoms with Crippen LogP contribution in [0.1, 0.15) is 21.7 Å². The molecule has 2 aromatic carbocycles. The van der Waals surface area contributed by atoms with Crippen LogP contribution in [0.15, 0.2) is 45.6 Å². The molecule has 25 heavy (non-hydrogen) atoms. The summed E-state index contributed by atoms with van der Waals surface area (Å²) in [5.74, 6) is -0.0864. The Kier molecular flexibility index (Phi) is 4.51. The predicted molar refractivity (Wildman–Crippen MR) is 97.9 cm³/mol. The zero-order valence-electron chi connectivity index (χ0n) is 14.0. The van der Waals surface area contributed by atoms with Gasteiger partial charge in [0.25, 0.3) is 5.91 Å². The van der Waals surface area contributed by atoms with Gasteiger partial charge in [-0.15, -0.1) is 0 Å². The monoisotopic (exact) mass is 357 g/mol. The normalized spacial score (nSPS) is 10.7. The first kappa shape index (κ1) is 17.0. The van der Waals surface area contributed by atoms with Gasteiger partial charge < -0.3 is 14.5 Å². The molecule has 0 fully saturated rings. The van der Waals surface area contributed by atoms with Gasteiger partial charge in [-0.05, 0) is 49.2 Å². The van der Waals surface area contributed by atoms with E-state index in [4.69, 9.17) is 20.8 Å². The van der Waals surface area contributed by atoms with E-state index in [0.717, 1.165) is 11.1 Å². The van der Waals surface area contributed by atoms with E-state index < -0.39 is 5.91 Å². The zero-order chi connectivity index (χ0) is 18.1. The number of halogens is 1. The largest absolute Gasteiger partial charge is 0.495 e. The van der Waals surface area contributed by atoms with E-state index in [1.165, 1.54) is 13.2 Å². The molecule has 128 valence electrons. The maximum Gasteiger partial charge on any atom is 0.291 e. The van der Waals surface area contributed by atoms with Gasteiger partial charge >= 0.3 is 0 Å². The van der Waals surface area contributed by atoms with Crippen molar-refractivity contribution in [2.45, 2.75) is 13.8 Å². The fourth-order valence-corrected chi connectivity index (χ4v) is 2.97. The number of nitrogens with one attached hydrogen (secondary N) is 1. The third-order valence-electron chi connectivity index (χ3n) is 3.81. The molecule has 0 unspecified atom stereocenters. The Morgan fingerprint density at radius 2 is 1.92 bits per heavy atom. The van der Waals surface area contributed by atoms with Crippen molar-refractivity contribution in [2.75, 3.05) is 12.4 Å². The van der Waals surface area contributed by atoms with Gasteiger partial charge in [0.1, 0.15) is 11.3 Å². The van der Waals surface area contributed by atoms with Crippen LogP contribution in [0.3, 0.4) is 0 Å². The summed E-state index contributed by atoms with van der Waals surface area (Å²) in [6, 6.07) is 9.69. The van der Waals surface area contributed by atoms with Gasteiger partial charge in [-0.2, -0.15) is 0 Å². The zero-order valence-corrected chi connectivity index (χ0v) is 14.7. The van der Waals surface area contributed by atoms with Crippen LogP contribution in [0, 0.1) is 13.8 Å². The molecule has 3 aromatic rings. The number of methoxy groups -OCH3 is 1. The van der Waals surface area contributed by atoms with Gasteiger partial charge in [-0.25, -0.2) is 0 Å². The number of hydrogen-bond donors (Lipinski definition) is 1. The minimum atomic E-state index is -0.528. The topological polar surface area (TPSA) is 68.5 Å². The van der Waals surface area contributed by atoms with E-state index in [0.29, 0.717) is 27.4 Å². The van der Waals surface area contributed by atoms with E-state index in [9.17, 15) is 9.59 Å². The smallest absolute Gasteiger partial charge is 0.291 e. The first-order valence-electron chi connectivity index (χ1n) is 7.59. The standard InChI is InChI=1S/C19H16ClNO4/c1-10-6-11(2)18-14(22)9-17(25-16(18)7-10)19(23)21-12-4-5-15(24-3)13(20)8-12/h4-9H,1-3H3,(H,21,23). The van der Waals surface area contributed by atoms with Crippen molar-refractivity contribution < 1.29 is 13.9 Å². The lowest BCUT2D eigenvalue weighted by molar-refractivity contribution is 0.0997. The fraction of sp³-hybridized carbons (Fsp3) is 0.158. The van der Waals surface area contributed by atoms with Crippen LogP contribution >= 0.6 is 11.6 Å². The SMILES string of the molecule is COc1ccc(NC(=O)c2cc(=O)c3c(C)cc(C)cc3o2)cc1Cl. The number of benzene rings is 2. The van der Waals surface area contributed by atoms with E-state index in [2.05, 4.69) is 5.32 Å². The average Bonchev–Trinajstić information content (AvgIpc) is 2.53. The predicted octanol–water partition coefficient (Wildman–Crippen LogP) is 4.32.